The fraction of sp³-hybridized carbons (Fsp3) is 0.114. The highest BCUT2D eigenvalue weighted by Gasteiger charge is 2.56. The Morgan fingerprint density at radius 1 is 0.810 bits per heavy atom. The van der Waals surface area contributed by atoms with Crippen LogP contribution in [0.3, 0.4) is 0 Å². The number of Topliss-reactive ketones (excluding diaryl/α,β-unsaturated/α-hetero) is 1. The lowest BCUT2D eigenvalue weighted by Gasteiger charge is -2.32. The van der Waals surface area contributed by atoms with Crippen LogP contribution in [0.1, 0.15) is 12.0 Å². The smallest absolute Gasteiger partial charge is 0.246 e. The molecule has 1 aliphatic rings. The Kier molecular flexibility index (Phi) is 9.35. The van der Waals surface area contributed by atoms with Crippen molar-refractivity contribution >= 4 is 64.1 Å². The van der Waals surface area contributed by atoms with Crippen LogP contribution in [0.5, 0.6) is 0 Å². The Balaban J connectivity index is 1.47. The first-order chi connectivity index (χ1) is 20.4. The molecule has 0 aliphatic carbocycles. The molecule has 1 aliphatic heterocycles. The number of nitrogens with zero attached hydrogens (tertiary/aromatic N) is 2. The third kappa shape index (κ3) is 5.96. The summed E-state index contributed by atoms with van der Waals surface area (Å²) in [4.78, 5) is 28.9. The van der Waals surface area contributed by atoms with Crippen LogP contribution < -0.4 is 15.9 Å². The Bertz CT molecular complexity index is 1590. The molecule has 4 nitrogen and oxygen atoms in total. The third-order valence-electron chi connectivity index (χ3n) is 7.45. The summed E-state index contributed by atoms with van der Waals surface area (Å²) in [7, 11) is -2.74. The van der Waals surface area contributed by atoms with Gasteiger partial charge in [-0.25, -0.2) is 0 Å². The van der Waals surface area contributed by atoms with Gasteiger partial charge in [0, 0.05) is 24.7 Å². The predicted molar refractivity (Wildman–Crippen MR) is 174 cm³/mol. The first kappa shape index (κ1) is 29.5. The second kappa shape index (κ2) is 13.3. The molecule has 1 heterocycles. The molecule has 0 fully saturated rings. The molecule has 0 spiro atoms. The number of carbonyl (C=O) groups is 2. The molecule has 208 valence electrons. The minimum atomic E-state index is -2.74. The Morgan fingerprint density at radius 2 is 1.36 bits per heavy atom. The summed E-state index contributed by atoms with van der Waals surface area (Å²) >= 11 is 12.1. The summed E-state index contributed by atoms with van der Waals surface area (Å²) in [5, 5.41) is 14.5. The van der Waals surface area contributed by atoms with Gasteiger partial charge in [-0.3, -0.25) is 9.59 Å². The Labute approximate surface area is 256 Å². The summed E-state index contributed by atoms with van der Waals surface area (Å²) in [6.45, 7) is 0.672. The number of nitriles is 1. The molecular formula is C35H28Cl2N2O2P+. The van der Waals surface area contributed by atoms with Crippen molar-refractivity contribution in [3.63, 3.8) is 0 Å². The van der Waals surface area contributed by atoms with E-state index in [-0.39, 0.29) is 18.2 Å². The van der Waals surface area contributed by atoms with E-state index in [0.29, 0.717) is 28.6 Å². The molecular weight excluding hydrogens is 582 g/mol. The predicted octanol–water partition coefficient (Wildman–Crippen LogP) is 6.62. The van der Waals surface area contributed by atoms with Crippen molar-refractivity contribution in [2.45, 2.75) is 12.1 Å². The zero-order valence-electron chi connectivity index (χ0n) is 22.7. The van der Waals surface area contributed by atoms with Crippen molar-refractivity contribution < 1.29 is 9.59 Å². The van der Waals surface area contributed by atoms with Crippen LogP contribution in [0, 0.1) is 11.3 Å². The van der Waals surface area contributed by atoms with Gasteiger partial charge in [0.2, 0.25) is 17.3 Å². The van der Waals surface area contributed by atoms with Crippen LogP contribution in [-0.2, 0) is 9.59 Å². The minimum Gasteiger partial charge on any atom is -0.335 e. The second-order valence-corrected chi connectivity index (χ2v) is 14.2. The van der Waals surface area contributed by atoms with E-state index in [0.717, 1.165) is 21.5 Å². The molecule has 5 rings (SSSR count). The molecule has 0 saturated heterocycles. The van der Waals surface area contributed by atoms with Gasteiger partial charge in [0.05, 0.1) is 10.0 Å². The first-order valence-electron chi connectivity index (χ1n) is 13.6. The van der Waals surface area contributed by atoms with E-state index < -0.39 is 12.9 Å². The summed E-state index contributed by atoms with van der Waals surface area (Å²) in [6, 6.07) is 37.4. The van der Waals surface area contributed by atoms with Gasteiger partial charge in [-0.15, -0.1) is 0 Å². The largest absolute Gasteiger partial charge is 0.335 e. The average Bonchev–Trinajstić information content (AvgIpc) is 3.05. The zero-order chi connectivity index (χ0) is 29.5. The fourth-order valence-corrected chi connectivity index (χ4v) is 10.1. The van der Waals surface area contributed by atoms with Gasteiger partial charge in [0.25, 0.3) is 0 Å². The van der Waals surface area contributed by atoms with Crippen molar-refractivity contribution in [2.24, 2.45) is 0 Å². The molecule has 4 aromatic carbocycles. The molecule has 1 amide bonds. The molecule has 1 unspecified atom stereocenters. The van der Waals surface area contributed by atoms with Gasteiger partial charge in [-0.2, -0.15) is 5.26 Å². The van der Waals surface area contributed by atoms with Gasteiger partial charge in [0.1, 0.15) is 29.2 Å². The standard InChI is InChI=1S/C35H28Cl2N2O2P/c36-31-18-16-26(24-32(31)37)17-19-34(40)39-22-20-27(21-23-39)35(41)33(25-38)42(28-10-4-1-5-11-28,29-12-6-2-7-13-29)30-14-8-3-9-15-30/h1-20,24,33H,21-23H2/q+1. The molecule has 42 heavy (non-hydrogen) atoms. The second-order valence-electron chi connectivity index (χ2n) is 9.90. The van der Waals surface area contributed by atoms with E-state index in [1.165, 1.54) is 6.08 Å². The lowest BCUT2D eigenvalue weighted by Crippen LogP contribution is -2.43. The summed E-state index contributed by atoms with van der Waals surface area (Å²) in [5.74, 6) is -0.346. The van der Waals surface area contributed by atoms with E-state index in [2.05, 4.69) is 6.07 Å². The van der Waals surface area contributed by atoms with Crippen molar-refractivity contribution in [2.75, 3.05) is 13.1 Å². The number of rotatable bonds is 8. The van der Waals surface area contributed by atoms with E-state index in [1.54, 1.807) is 35.3 Å². The summed E-state index contributed by atoms with van der Waals surface area (Å²) in [6.07, 6.45) is 5.37. The van der Waals surface area contributed by atoms with Gasteiger partial charge in [-0.05, 0) is 66.6 Å². The Morgan fingerprint density at radius 3 is 1.81 bits per heavy atom. The number of halogens is 2. The number of amides is 1. The van der Waals surface area contributed by atoms with Gasteiger partial charge in [0.15, 0.2) is 0 Å². The maximum Gasteiger partial charge on any atom is 0.246 e. The normalized spacial score (nSPS) is 14.2. The highest BCUT2D eigenvalue weighted by atomic mass is 35.5. The number of carbonyl (C=O) groups excluding carboxylic acids is 2. The zero-order valence-corrected chi connectivity index (χ0v) is 25.1. The van der Waals surface area contributed by atoms with Crippen molar-refractivity contribution in [3.05, 3.63) is 143 Å². The molecule has 7 heteroatoms. The van der Waals surface area contributed by atoms with Gasteiger partial charge >= 0.3 is 0 Å². The summed E-state index contributed by atoms with van der Waals surface area (Å²) < 4.78 is 0. The van der Waals surface area contributed by atoms with E-state index in [9.17, 15) is 14.9 Å². The molecule has 0 radical (unpaired) electrons. The maximum atomic E-state index is 14.3. The highest BCUT2D eigenvalue weighted by molar-refractivity contribution is 7.97. The monoisotopic (exact) mass is 609 g/mol. The van der Waals surface area contributed by atoms with Crippen LogP contribution >= 0.6 is 30.5 Å². The SMILES string of the molecule is N#CC(C(=O)C1=CCN(C(=O)C=Cc2ccc(Cl)c(Cl)c2)CC1)[P+](c1ccccc1)(c1ccccc1)c1ccccc1. The first-order valence-corrected chi connectivity index (χ1v) is 16.2. The quantitative estimate of drug-likeness (QED) is 0.167. The van der Waals surface area contributed by atoms with Crippen molar-refractivity contribution in [1.29, 1.82) is 5.26 Å². The van der Waals surface area contributed by atoms with E-state index in [4.69, 9.17) is 23.2 Å². The molecule has 0 aromatic heterocycles. The molecule has 4 aromatic rings. The van der Waals surface area contributed by atoms with E-state index >= 15 is 0 Å². The minimum absolute atomic E-state index is 0.166. The van der Waals surface area contributed by atoms with Crippen LogP contribution in [0.25, 0.3) is 6.08 Å². The number of ketones is 1. The third-order valence-corrected chi connectivity index (χ3v) is 12.6. The lowest BCUT2D eigenvalue weighted by molar-refractivity contribution is -0.126. The molecule has 1 atom stereocenters. The maximum absolute atomic E-state index is 14.3. The number of hydrogen-bond donors (Lipinski definition) is 0. The topological polar surface area (TPSA) is 61.2 Å². The van der Waals surface area contributed by atoms with Gasteiger partial charge in [-0.1, -0.05) is 89.9 Å². The average molecular weight is 611 g/mol. The van der Waals surface area contributed by atoms with Crippen LogP contribution in [0.2, 0.25) is 10.0 Å². The molecule has 0 saturated carbocycles. The molecule has 0 bridgehead atoms. The highest BCUT2D eigenvalue weighted by Crippen LogP contribution is 2.60. The fourth-order valence-electron chi connectivity index (χ4n) is 5.36. The van der Waals surface area contributed by atoms with Crippen LogP contribution in [-0.4, -0.2) is 35.3 Å². The van der Waals surface area contributed by atoms with E-state index in [1.807, 2.05) is 91.0 Å². The lowest BCUT2D eigenvalue weighted by atomic mass is 10.0. The van der Waals surface area contributed by atoms with Crippen LogP contribution in [0.4, 0.5) is 0 Å². The Hall–Kier alpha value is -4.00. The van der Waals surface area contributed by atoms with Gasteiger partial charge < -0.3 is 4.90 Å². The number of hydrogen-bond acceptors (Lipinski definition) is 3. The van der Waals surface area contributed by atoms with Crippen molar-refractivity contribution in [3.8, 4) is 6.07 Å². The number of benzene rings is 4. The van der Waals surface area contributed by atoms with Crippen LogP contribution in [0.15, 0.2) is 127 Å². The van der Waals surface area contributed by atoms with Crippen molar-refractivity contribution in [1.82, 2.24) is 4.90 Å². The molecule has 0 N–H and O–H groups in total. The summed E-state index contributed by atoms with van der Waals surface area (Å²) in [5.41, 5.74) is 0.431.